The largest absolute Gasteiger partial charge is 0.493 e. The van der Waals surface area contributed by atoms with Gasteiger partial charge in [0.05, 0.1) is 18.1 Å². The van der Waals surface area contributed by atoms with Gasteiger partial charge in [0.15, 0.2) is 17.5 Å². The first-order valence-electron chi connectivity index (χ1n) is 10.3. The number of ether oxygens (including phenoxy) is 2. The molecule has 0 aliphatic heterocycles. The Morgan fingerprint density at radius 1 is 1.10 bits per heavy atom. The summed E-state index contributed by atoms with van der Waals surface area (Å²) in [6.07, 6.45) is 4.76. The van der Waals surface area contributed by atoms with Crippen molar-refractivity contribution in [3.63, 3.8) is 0 Å². The van der Waals surface area contributed by atoms with E-state index in [0.717, 1.165) is 35.5 Å². The molecule has 0 unspecified atom stereocenters. The lowest BCUT2D eigenvalue weighted by molar-refractivity contribution is 0.198. The number of guanidine groups is 1. The Labute approximate surface area is 183 Å². The zero-order chi connectivity index (χ0) is 22.3. The van der Waals surface area contributed by atoms with Crippen molar-refractivity contribution in [3.05, 3.63) is 53.6 Å². The van der Waals surface area contributed by atoms with E-state index < -0.39 is 10.0 Å². The summed E-state index contributed by atoms with van der Waals surface area (Å²) >= 11 is 0. The number of hydrogen-bond donors (Lipinski definition) is 3. The number of hydrogen-bond acceptors (Lipinski definition) is 5. The SMILES string of the molecule is CN=C(NCc1ccc(S(N)(=O)=O)cc1)NCc1cccc(OC)c1OC1CCCC1. The fraction of sp³-hybridized carbons (Fsp3) is 0.409. The molecule has 8 nitrogen and oxygen atoms in total. The molecule has 0 spiro atoms. The number of benzene rings is 2. The summed E-state index contributed by atoms with van der Waals surface area (Å²) in [7, 11) is -0.348. The molecule has 0 saturated heterocycles. The van der Waals surface area contributed by atoms with Crippen LogP contribution in [0.3, 0.4) is 0 Å². The molecule has 3 rings (SSSR count). The molecule has 2 aromatic carbocycles. The summed E-state index contributed by atoms with van der Waals surface area (Å²) in [5, 5.41) is 11.7. The maximum Gasteiger partial charge on any atom is 0.238 e. The van der Waals surface area contributed by atoms with E-state index in [4.69, 9.17) is 14.6 Å². The molecule has 168 valence electrons. The van der Waals surface area contributed by atoms with E-state index in [1.54, 1.807) is 26.3 Å². The van der Waals surface area contributed by atoms with E-state index in [2.05, 4.69) is 15.6 Å². The number of sulfonamides is 1. The molecule has 1 saturated carbocycles. The van der Waals surface area contributed by atoms with Crippen LogP contribution in [-0.4, -0.2) is 34.6 Å². The van der Waals surface area contributed by atoms with Gasteiger partial charge in [0.1, 0.15) is 0 Å². The second kappa shape index (κ2) is 10.5. The minimum Gasteiger partial charge on any atom is -0.493 e. The third kappa shape index (κ3) is 6.35. The first-order chi connectivity index (χ1) is 14.9. The highest BCUT2D eigenvalue weighted by atomic mass is 32.2. The second-order valence-electron chi connectivity index (χ2n) is 7.44. The first-order valence-corrected chi connectivity index (χ1v) is 11.8. The molecule has 0 atom stereocenters. The Morgan fingerprint density at radius 3 is 2.39 bits per heavy atom. The predicted molar refractivity (Wildman–Crippen MR) is 121 cm³/mol. The average molecular weight is 447 g/mol. The Balaban J connectivity index is 1.61. The molecule has 0 radical (unpaired) electrons. The number of nitrogens with two attached hydrogens (primary N) is 1. The lowest BCUT2D eigenvalue weighted by atomic mass is 10.1. The topological polar surface area (TPSA) is 115 Å². The fourth-order valence-electron chi connectivity index (χ4n) is 3.55. The number of para-hydroxylation sites is 1. The van der Waals surface area contributed by atoms with Gasteiger partial charge in [-0.25, -0.2) is 13.6 Å². The second-order valence-corrected chi connectivity index (χ2v) is 9.00. The molecule has 2 aromatic rings. The van der Waals surface area contributed by atoms with Crippen LogP contribution >= 0.6 is 0 Å². The molecule has 1 aliphatic carbocycles. The normalized spacial score (nSPS) is 15.0. The van der Waals surface area contributed by atoms with E-state index >= 15 is 0 Å². The summed E-state index contributed by atoms with van der Waals surface area (Å²) in [6, 6.07) is 12.3. The predicted octanol–water partition coefficient (Wildman–Crippen LogP) is 2.53. The van der Waals surface area contributed by atoms with Crippen LogP contribution in [0.15, 0.2) is 52.4 Å². The maximum absolute atomic E-state index is 11.4. The average Bonchev–Trinajstić information content (AvgIpc) is 3.27. The van der Waals surface area contributed by atoms with Crippen molar-refractivity contribution in [3.8, 4) is 11.5 Å². The van der Waals surface area contributed by atoms with Crippen LogP contribution in [0, 0.1) is 0 Å². The van der Waals surface area contributed by atoms with E-state index in [-0.39, 0.29) is 11.0 Å². The van der Waals surface area contributed by atoms with E-state index in [1.165, 1.54) is 25.0 Å². The van der Waals surface area contributed by atoms with Crippen molar-refractivity contribution in [2.24, 2.45) is 10.1 Å². The van der Waals surface area contributed by atoms with Crippen LogP contribution in [0.5, 0.6) is 11.5 Å². The van der Waals surface area contributed by atoms with E-state index in [1.807, 2.05) is 18.2 Å². The van der Waals surface area contributed by atoms with Crippen molar-refractivity contribution < 1.29 is 17.9 Å². The molecule has 0 aromatic heterocycles. The lowest BCUT2D eigenvalue weighted by Crippen LogP contribution is -2.36. The molecular weight excluding hydrogens is 416 g/mol. The molecule has 9 heteroatoms. The minimum absolute atomic E-state index is 0.0894. The molecule has 1 aliphatic rings. The van der Waals surface area contributed by atoms with Crippen molar-refractivity contribution in [1.82, 2.24) is 10.6 Å². The Morgan fingerprint density at radius 2 is 1.77 bits per heavy atom. The molecular formula is C22H30N4O4S. The molecule has 4 N–H and O–H groups in total. The summed E-state index contributed by atoms with van der Waals surface area (Å²) in [6.45, 7) is 0.997. The minimum atomic E-state index is -3.69. The fourth-order valence-corrected chi connectivity index (χ4v) is 4.07. The number of methoxy groups -OCH3 is 1. The highest BCUT2D eigenvalue weighted by molar-refractivity contribution is 7.89. The van der Waals surface area contributed by atoms with Crippen molar-refractivity contribution in [2.75, 3.05) is 14.2 Å². The van der Waals surface area contributed by atoms with Gasteiger partial charge in [-0.3, -0.25) is 4.99 Å². The van der Waals surface area contributed by atoms with E-state index in [9.17, 15) is 8.42 Å². The Kier molecular flexibility index (Phi) is 7.75. The molecule has 0 bridgehead atoms. The van der Waals surface area contributed by atoms with Crippen LogP contribution in [0.25, 0.3) is 0 Å². The molecule has 0 amide bonds. The van der Waals surface area contributed by atoms with Gasteiger partial charge in [0, 0.05) is 25.7 Å². The summed E-state index contributed by atoms with van der Waals surface area (Å²) in [5.74, 6) is 2.12. The monoisotopic (exact) mass is 446 g/mol. The Bertz CT molecular complexity index is 1000. The number of nitrogens with one attached hydrogen (secondary N) is 2. The van der Waals surface area contributed by atoms with Crippen LogP contribution < -0.4 is 25.2 Å². The molecule has 1 fully saturated rings. The van der Waals surface area contributed by atoms with Crippen LogP contribution in [0.1, 0.15) is 36.8 Å². The van der Waals surface area contributed by atoms with Gasteiger partial charge in [-0.2, -0.15) is 0 Å². The quantitative estimate of drug-likeness (QED) is 0.424. The summed E-state index contributed by atoms with van der Waals surface area (Å²) in [4.78, 5) is 4.35. The zero-order valence-electron chi connectivity index (χ0n) is 17.9. The third-order valence-electron chi connectivity index (χ3n) is 5.25. The smallest absolute Gasteiger partial charge is 0.238 e. The van der Waals surface area contributed by atoms with Gasteiger partial charge < -0.3 is 20.1 Å². The van der Waals surface area contributed by atoms with Crippen LogP contribution in [-0.2, 0) is 23.1 Å². The van der Waals surface area contributed by atoms with Gasteiger partial charge in [0.25, 0.3) is 0 Å². The first kappa shape index (κ1) is 22.9. The number of primary sulfonamides is 1. The zero-order valence-corrected chi connectivity index (χ0v) is 18.7. The van der Waals surface area contributed by atoms with Gasteiger partial charge in [0.2, 0.25) is 10.0 Å². The summed E-state index contributed by atoms with van der Waals surface area (Å²) in [5.41, 5.74) is 1.90. The van der Waals surface area contributed by atoms with E-state index in [0.29, 0.717) is 19.0 Å². The van der Waals surface area contributed by atoms with Gasteiger partial charge in [-0.15, -0.1) is 0 Å². The molecule has 31 heavy (non-hydrogen) atoms. The number of nitrogens with zero attached hydrogens (tertiary/aromatic N) is 1. The highest BCUT2D eigenvalue weighted by Crippen LogP contribution is 2.34. The summed E-state index contributed by atoms with van der Waals surface area (Å²) < 4.78 is 34.5. The van der Waals surface area contributed by atoms with Crippen molar-refractivity contribution in [1.29, 1.82) is 0 Å². The maximum atomic E-state index is 11.4. The van der Waals surface area contributed by atoms with Crippen molar-refractivity contribution in [2.45, 2.75) is 49.8 Å². The van der Waals surface area contributed by atoms with Gasteiger partial charge >= 0.3 is 0 Å². The highest BCUT2D eigenvalue weighted by Gasteiger charge is 2.20. The Hall–Kier alpha value is -2.78. The standard InChI is InChI=1S/C22H30N4O4S/c1-24-22(25-14-16-10-12-19(13-11-16)31(23,27)28)26-15-17-6-5-9-20(29-2)21(17)30-18-7-3-4-8-18/h5-6,9-13,18H,3-4,7-8,14-15H2,1-2H3,(H2,23,27,28)(H2,24,25,26). The van der Waals surface area contributed by atoms with Crippen LogP contribution in [0.2, 0.25) is 0 Å². The van der Waals surface area contributed by atoms with Gasteiger partial charge in [-0.1, -0.05) is 24.3 Å². The third-order valence-corrected chi connectivity index (χ3v) is 6.18. The van der Waals surface area contributed by atoms with Crippen molar-refractivity contribution >= 4 is 16.0 Å². The molecule has 0 heterocycles. The van der Waals surface area contributed by atoms with Gasteiger partial charge in [-0.05, 0) is 49.4 Å². The number of aliphatic imine (C=N–C) groups is 1. The number of rotatable bonds is 8. The lowest BCUT2D eigenvalue weighted by Gasteiger charge is -2.20. The van der Waals surface area contributed by atoms with Crippen LogP contribution in [0.4, 0.5) is 0 Å².